The molecule has 1 unspecified atom stereocenters. The maximum Gasteiger partial charge on any atom is 0.228 e. The van der Waals surface area contributed by atoms with E-state index in [1.165, 1.54) is 10.4 Å². The van der Waals surface area contributed by atoms with Gasteiger partial charge in [0.1, 0.15) is 0 Å². The number of nitrogens with zero attached hydrogens (tertiary/aromatic N) is 1. The quantitative estimate of drug-likeness (QED) is 0.597. The van der Waals surface area contributed by atoms with Crippen LogP contribution in [0.1, 0.15) is 18.4 Å². The number of piperidine rings is 1. The molecule has 0 spiro atoms. The highest BCUT2D eigenvalue weighted by Gasteiger charge is 2.33. The fourth-order valence-corrected chi connectivity index (χ4v) is 5.71. The zero-order valence-electron chi connectivity index (χ0n) is 15.2. The molecular formula is C19H18Cl4N2O3S. The number of amides is 1. The monoisotopic (exact) mass is 494 g/mol. The molecule has 2 aromatic carbocycles. The van der Waals surface area contributed by atoms with Gasteiger partial charge in [0.05, 0.1) is 27.4 Å². The van der Waals surface area contributed by atoms with E-state index >= 15 is 0 Å². The minimum atomic E-state index is -3.65. The van der Waals surface area contributed by atoms with Crippen LogP contribution in [0.15, 0.2) is 36.4 Å². The number of anilines is 1. The molecule has 0 radical (unpaired) electrons. The van der Waals surface area contributed by atoms with Crippen molar-refractivity contribution in [2.24, 2.45) is 5.92 Å². The molecule has 1 saturated heterocycles. The van der Waals surface area contributed by atoms with Gasteiger partial charge < -0.3 is 5.32 Å². The lowest BCUT2D eigenvalue weighted by atomic mass is 9.99. The minimum absolute atomic E-state index is 0.0948. The van der Waals surface area contributed by atoms with Crippen molar-refractivity contribution in [2.75, 3.05) is 18.4 Å². The lowest BCUT2D eigenvalue weighted by molar-refractivity contribution is -0.120. The van der Waals surface area contributed by atoms with Gasteiger partial charge in [-0.1, -0.05) is 58.5 Å². The van der Waals surface area contributed by atoms with Gasteiger partial charge >= 0.3 is 0 Å². The fraction of sp³-hybridized carbons (Fsp3) is 0.316. The predicted octanol–water partition coefficient (Wildman–Crippen LogP) is 5.48. The first-order valence-electron chi connectivity index (χ1n) is 8.84. The molecule has 0 saturated carbocycles. The van der Waals surface area contributed by atoms with Gasteiger partial charge in [-0.2, -0.15) is 0 Å². The summed E-state index contributed by atoms with van der Waals surface area (Å²) in [5.41, 5.74) is 0.866. The van der Waals surface area contributed by atoms with E-state index in [-0.39, 0.29) is 23.2 Å². The molecule has 0 aromatic heterocycles. The van der Waals surface area contributed by atoms with Crippen LogP contribution in [-0.2, 0) is 20.6 Å². The smallest absolute Gasteiger partial charge is 0.228 e. The second-order valence-corrected chi connectivity index (χ2v) is 10.4. The average Bonchev–Trinajstić information content (AvgIpc) is 2.68. The molecule has 1 aliphatic rings. The third-order valence-electron chi connectivity index (χ3n) is 4.71. The third-order valence-corrected chi connectivity index (χ3v) is 7.91. The molecule has 10 heteroatoms. The topological polar surface area (TPSA) is 66.5 Å². The van der Waals surface area contributed by atoms with Crippen molar-refractivity contribution in [3.8, 4) is 0 Å². The molecule has 1 atom stereocenters. The third kappa shape index (κ3) is 5.57. The summed E-state index contributed by atoms with van der Waals surface area (Å²) in [6, 6.07) is 9.64. The number of rotatable bonds is 5. The SMILES string of the molecule is O=C(Nc1cccc(Cl)c1Cl)C1CCCN(S(=O)(=O)Cc2ccc(Cl)cc2Cl)C1. The van der Waals surface area contributed by atoms with Gasteiger partial charge in [-0.05, 0) is 42.7 Å². The van der Waals surface area contributed by atoms with Crippen LogP contribution in [0.25, 0.3) is 0 Å². The number of hydrogen-bond donors (Lipinski definition) is 1. The normalized spacial score (nSPS) is 17.9. The Balaban J connectivity index is 1.70. The number of nitrogens with one attached hydrogen (secondary N) is 1. The van der Waals surface area contributed by atoms with E-state index in [9.17, 15) is 13.2 Å². The molecule has 1 aliphatic heterocycles. The Morgan fingerprint density at radius 2 is 1.86 bits per heavy atom. The van der Waals surface area contributed by atoms with E-state index < -0.39 is 15.9 Å². The van der Waals surface area contributed by atoms with Crippen LogP contribution in [0.5, 0.6) is 0 Å². The zero-order valence-corrected chi connectivity index (χ0v) is 19.0. The molecule has 1 heterocycles. The Kier molecular flexibility index (Phi) is 7.36. The number of benzene rings is 2. The van der Waals surface area contributed by atoms with Crippen molar-refractivity contribution in [2.45, 2.75) is 18.6 Å². The van der Waals surface area contributed by atoms with Gasteiger partial charge in [0.25, 0.3) is 0 Å². The van der Waals surface area contributed by atoms with Gasteiger partial charge in [-0.15, -0.1) is 0 Å². The largest absolute Gasteiger partial charge is 0.324 e. The van der Waals surface area contributed by atoms with Crippen LogP contribution >= 0.6 is 46.4 Å². The summed E-state index contributed by atoms with van der Waals surface area (Å²) < 4.78 is 27.1. The van der Waals surface area contributed by atoms with E-state index in [1.807, 2.05) is 0 Å². The van der Waals surface area contributed by atoms with E-state index in [0.29, 0.717) is 45.7 Å². The highest BCUT2D eigenvalue weighted by atomic mass is 35.5. The summed E-state index contributed by atoms with van der Waals surface area (Å²) in [5, 5.41) is 4.06. The van der Waals surface area contributed by atoms with Crippen LogP contribution < -0.4 is 5.32 Å². The molecule has 5 nitrogen and oxygen atoms in total. The van der Waals surface area contributed by atoms with Crippen LogP contribution in [0.3, 0.4) is 0 Å². The Morgan fingerprint density at radius 3 is 2.59 bits per heavy atom. The Morgan fingerprint density at radius 1 is 1.10 bits per heavy atom. The summed E-state index contributed by atoms with van der Waals surface area (Å²) in [6.45, 7) is 0.451. The van der Waals surface area contributed by atoms with Crippen molar-refractivity contribution in [3.05, 3.63) is 62.1 Å². The summed E-state index contributed by atoms with van der Waals surface area (Å²) in [4.78, 5) is 12.7. The Hall–Kier alpha value is -1.02. The summed E-state index contributed by atoms with van der Waals surface area (Å²) in [7, 11) is -3.65. The second-order valence-electron chi connectivity index (χ2n) is 6.78. The Bertz CT molecular complexity index is 1030. The molecule has 1 N–H and O–H groups in total. The molecular weight excluding hydrogens is 478 g/mol. The van der Waals surface area contributed by atoms with Crippen LogP contribution in [0.4, 0.5) is 5.69 Å². The maximum atomic E-state index is 12.9. The number of halogens is 4. The number of sulfonamides is 1. The van der Waals surface area contributed by atoms with Gasteiger partial charge in [-0.3, -0.25) is 4.79 Å². The van der Waals surface area contributed by atoms with Crippen molar-refractivity contribution >= 4 is 68.0 Å². The summed E-state index contributed by atoms with van der Waals surface area (Å²) in [5.74, 6) is -1.04. The number of hydrogen-bond acceptors (Lipinski definition) is 3. The number of carbonyl (C=O) groups is 1. The first kappa shape index (κ1) is 22.7. The van der Waals surface area contributed by atoms with Crippen LogP contribution in [0, 0.1) is 5.92 Å². The fourth-order valence-electron chi connectivity index (χ4n) is 3.17. The molecule has 3 rings (SSSR count). The van der Waals surface area contributed by atoms with Crippen LogP contribution in [-0.4, -0.2) is 31.7 Å². The van der Waals surface area contributed by atoms with Gasteiger partial charge in [0.2, 0.25) is 15.9 Å². The molecule has 29 heavy (non-hydrogen) atoms. The van der Waals surface area contributed by atoms with Crippen molar-refractivity contribution in [3.63, 3.8) is 0 Å². The lowest BCUT2D eigenvalue weighted by Gasteiger charge is -2.31. The van der Waals surface area contributed by atoms with Crippen LogP contribution in [0.2, 0.25) is 20.1 Å². The van der Waals surface area contributed by atoms with Crippen molar-refractivity contribution in [1.29, 1.82) is 0 Å². The van der Waals surface area contributed by atoms with Gasteiger partial charge in [0, 0.05) is 23.1 Å². The highest BCUT2D eigenvalue weighted by Crippen LogP contribution is 2.31. The average molecular weight is 496 g/mol. The predicted molar refractivity (Wildman–Crippen MR) is 118 cm³/mol. The van der Waals surface area contributed by atoms with Gasteiger partial charge in [0.15, 0.2) is 0 Å². The molecule has 2 aromatic rings. The van der Waals surface area contributed by atoms with E-state index in [0.717, 1.165) is 0 Å². The summed E-state index contributed by atoms with van der Waals surface area (Å²) >= 11 is 24.1. The van der Waals surface area contributed by atoms with E-state index in [1.54, 1.807) is 30.3 Å². The molecule has 156 valence electrons. The van der Waals surface area contributed by atoms with E-state index in [2.05, 4.69) is 5.32 Å². The molecule has 0 aliphatic carbocycles. The van der Waals surface area contributed by atoms with E-state index in [4.69, 9.17) is 46.4 Å². The zero-order chi connectivity index (χ0) is 21.2. The lowest BCUT2D eigenvalue weighted by Crippen LogP contribution is -2.44. The first-order valence-corrected chi connectivity index (χ1v) is 12.0. The molecule has 1 amide bonds. The minimum Gasteiger partial charge on any atom is -0.324 e. The summed E-state index contributed by atoms with van der Waals surface area (Å²) in [6.07, 6.45) is 1.16. The molecule has 0 bridgehead atoms. The standard InChI is InChI=1S/C19H18Cl4N2O3S/c20-14-7-6-13(16(22)9-14)11-29(27,28)25-8-2-3-12(10-25)19(26)24-17-5-1-4-15(21)18(17)23/h1,4-7,9,12H,2-3,8,10-11H2,(H,24,26). The maximum absolute atomic E-state index is 12.9. The van der Waals surface area contributed by atoms with Crippen molar-refractivity contribution in [1.82, 2.24) is 4.31 Å². The van der Waals surface area contributed by atoms with Gasteiger partial charge in [-0.25, -0.2) is 12.7 Å². The Labute approximate surface area is 189 Å². The first-order chi connectivity index (χ1) is 13.7. The molecule has 1 fully saturated rings. The highest BCUT2D eigenvalue weighted by molar-refractivity contribution is 7.88. The number of carbonyl (C=O) groups excluding carboxylic acids is 1. The van der Waals surface area contributed by atoms with Crippen molar-refractivity contribution < 1.29 is 13.2 Å². The second kappa shape index (κ2) is 9.41.